The normalized spacial score (nSPS) is 17.0. The number of hydrazine groups is 1. The maximum atomic E-state index is 12.3. The molecule has 1 aliphatic rings. The number of ether oxygens (including phenoxy) is 3. The quantitative estimate of drug-likeness (QED) is 0.765. The highest BCUT2D eigenvalue weighted by Crippen LogP contribution is 2.36. The van der Waals surface area contributed by atoms with Crippen LogP contribution in [0.1, 0.15) is 24.1 Å². The molecule has 1 heterocycles. The lowest BCUT2D eigenvalue weighted by Crippen LogP contribution is -2.38. The second kappa shape index (κ2) is 8.12. The van der Waals surface area contributed by atoms with E-state index in [1.165, 1.54) is 10.7 Å². The van der Waals surface area contributed by atoms with Crippen molar-refractivity contribution in [2.75, 3.05) is 27.1 Å². The summed E-state index contributed by atoms with van der Waals surface area (Å²) in [5.74, 6) is 1.92. The first-order chi connectivity index (χ1) is 13.4. The van der Waals surface area contributed by atoms with Crippen LogP contribution in [0.5, 0.6) is 17.2 Å². The fraction of sp³-hybridized carbons (Fsp3) is 0.300. The Labute approximate surface area is 165 Å². The highest BCUT2D eigenvalue weighted by atomic mass is 32.2. The second-order valence-electron chi connectivity index (χ2n) is 6.27. The maximum Gasteiger partial charge on any atom is 0.228 e. The predicted octanol–water partition coefficient (Wildman–Crippen LogP) is 2.96. The van der Waals surface area contributed by atoms with Gasteiger partial charge < -0.3 is 19.6 Å². The van der Waals surface area contributed by atoms with Crippen LogP contribution in [0.2, 0.25) is 0 Å². The van der Waals surface area contributed by atoms with Crippen LogP contribution in [0.4, 0.5) is 0 Å². The molecule has 1 atom stereocenters. The molecule has 1 aliphatic heterocycles. The van der Waals surface area contributed by atoms with Gasteiger partial charge in [-0.1, -0.05) is 12.1 Å². The standard InChI is InChI=1S/C20H24N2O5S/c1-5-27-16-9-6-14(7-10-16)18-13-17(21-22(18)28(4,23)24)15-8-11-19(25-2)20(12-15)26-3/h6-13,18,21H,5H2,1-4H3/t18-/m0/s1. The predicted molar refractivity (Wildman–Crippen MR) is 108 cm³/mol. The molecule has 0 aliphatic carbocycles. The number of methoxy groups -OCH3 is 2. The molecular formula is C20H24N2O5S. The van der Waals surface area contributed by atoms with Gasteiger partial charge >= 0.3 is 0 Å². The monoisotopic (exact) mass is 404 g/mol. The maximum absolute atomic E-state index is 12.3. The second-order valence-corrected chi connectivity index (χ2v) is 8.13. The molecule has 3 rings (SSSR count). The summed E-state index contributed by atoms with van der Waals surface area (Å²) in [6, 6.07) is 12.4. The molecule has 0 unspecified atom stereocenters. The number of nitrogens with zero attached hydrogens (tertiary/aromatic N) is 1. The van der Waals surface area contributed by atoms with E-state index < -0.39 is 16.1 Å². The van der Waals surface area contributed by atoms with Crippen molar-refractivity contribution < 1.29 is 22.6 Å². The Morgan fingerprint density at radius 1 is 1.04 bits per heavy atom. The molecule has 0 fully saturated rings. The molecule has 0 bridgehead atoms. The molecule has 2 aromatic rings. The van der Waals surface area contributed by atoms with Crippen molar-refractivity contribution in [3.05, 3.63) is 59.7 Å². The first-order valence-electron chi connectivity index (χ1n) is 8.80. The Balaban J connectivity index is 1.98. The Morgan fingerprint density at radius 2 is 1.71 bits per heavy atom. The lowest BCUT2D eigenvalue weighted by Gasteiger charge is -2.23. The van der Waals surface area contributed by atoms with Crippen LogP contribution in [0, 0.1) is 0 Å². The van der Waals surface area contributed by atoms with E-state index in [4.69, 9.17) is 14.2 Å². The van der Waals surface area contributed by atoms with Crippen molar-refractivity contribution in [2.24, 2.45) is 0 Å². The van der Waals surface area contributed by atoms with Crippen LogP contribution < -0.4 is 19.6 Å². The number of nitrogens with one attached hydrogen (secondary N) is 1. The Kier molecular flexibility index (Phi) is 5.81. The largest absolute Gasteiger partial charge is 0.494 e. The van der Waals surface area contributed by atoms with Crippen LogP contribution >= 0.6 is 0 Å². The summed E-state index contributed by atoms with van der Waals surface area (Å²) >= 11 is 0. The minimum Gasteiger partial charge on any atom is -0.494 e. The van der Waals surface area contributed by atoms with Crippen molar-refractivity contribution >= 4 is 15.7 Å². The third-order valence-electron chi connectivity index (χ3n) is 4.39. The summed E-state index contributed by atoms with van der Waals surface area (Å²) in [4.78, 5) is 0. The molecule has 0 aromatic heterocycles. The highest BCUT2D eigenvalue weighted by Gasteiger charge is 2.33. The van der Waals surface area contributed by atoms with Crippen LogP contribution in [0.3, 0.4) is 0 Å². The first kappa shape index (κ1) is 20.0. The van der Waals surface area contributed by atoms with E-state index in [0.29, 0.717) is 23.8 Å². The zero-order valence-corrected chi connectivity index (χ0v) is 17.1. The van der Waals surface area contributed by atoms with Crippen molar-refractivity contribution in [3.8, 4) is 17.2 Å². The van der Waals surface area contributed by atoms with Gasteiger partial charge in [-0.05, 0) is 48.9 Å². The fourth-order valence-electron chi connectivity index (χ4n) is 3.06. The number of sulfonamides is 1. The number of benzene rings is 2. The average molecular weight is 404 g/mol. The van der Waals surface area contributed by atoms with E-state index >= 15 is 0 Å². The van der Waals surface area contributed by atoms with E-state index in [1.54, 1.807) is 26.4 Å². The SMILES string of the molecule is CCOc1ccc([C@@H]2C=C(c3ccc(OC)c(OC)c3)NN2S(C)(=O)=O)cc1. The van der Waals surface area contributed by atoms with E-state index in [1.807, 2.05) is 43.3 Å². The van der Waals surface area contributed by atoms with Crippen molar-refractivity contribution in [1.82, 2.24) is 9.84 Å². The van der Waals surface area contributed by atoms with Gasteiger partial charge in [-0.2, -0.15) is 0 Å². The Morgan fingerprint density at radius 3 is 2.29 bits per heavy atom. The van der Waals surface area contributed by atoms with Gasteiger partial charge in [0.1, 0.15) is 5.75 Å². The average Bonchev–Trinajstić information content (AvgIpc) is 3.14. The molecule has 0 spiro atoms. The van der Waals surface area contributed by atoms with E-state index in [9.17, 15) is 8.42 Å². The molecule has 150 valence electrons. The molecule has 2 aromatic carbocycles. The molecule has 7 nitrogen and oxygen atoms in total. The summed E-state index contributed by atoms with van der Waals surface area (Å²) in [5.41, 5.74) is 5.30. The topological polar surface area (TPSA) is 77.1 Å². The third kappa shape index (κ3) is 4.07. The van der Waals surface area contributed by atoms with Crippen LogP contribution in [-0.4, -0.2) is 39.9 Å². The van der Waals surface area contributed by atoms with Gasteiger partial charge in [0, 0.05) is 5.56 Å². The summed E-state index contributed by atoms with van der Waals surface area (Å²) in [6.07, 6.45) is 3.05. The smallest absolute Gasteiger partial charge is 0.228 e. The van der Waals surface area contributed by atoms with Gasteiger partial charge in [-0.25, -0.2) is 8.42 Å². The minimum atomic E-state index is -3.51. The molecule has 8 heteroatoms. The zero-order valence-electron chi connectivity index (χ0n) is 16.3. The molecule has 0 radical (unpaired) electrons. The summed E-state index contributed by atoms with van der Waals surface area (Å²) < 4.78 is 42.0. The summed E-state index contributed by atoms with van der Waals surface area (Å²) in [7, 11) is -0.380. The molecule has 1 N–H and O–H groups in total. The van der Waals surface area contributed by atoms with Crippen molar-refractivity contribution in [2.45, 2.75) is 13.0 Å². The lowest BCUT2D eigenvalue weighted by atomic mass is 10.0. The zero-order chi connectivity index (χ0) is 20.3. The van der Waals surface area contributed by atoms with Gasteiger partial charge in [0.2, 0.25) is 10.0 Å². The number of hydrogen-bond acceptors (Lipinski definition) is 6. The molecule has 0 amide bonds. The van der Waals surface area contributed by atoms with Gasteiger partial charge in [0.25, 0.3) is 0 Å². The van der Waals surface area contributed by atoms with Crippen LogP contribution in [-0.2, 0) is 10.0 Å². The van der Waals surface area contributed by atoms with Gasteiger partial charge in [0.15, 0.2) is 11.5 Å². The fourth-order valence-corrected chi connectivity index (χ4v) is 3.92. The van der Waals surface area contributed by atoms with E-state index in [2.05, 4.69) is 5.43 Å². The third-order valence-corrected chi connectivity index (χ3v) is 5.43. The highest BCUT2D eigenvalue weighted by molar-refractivity contribution is 7.88. The number of hydrogen-bond donors (Lipinski definition) is 1. The minimum absolute atomic E-state index is 0.478. The Hall–Kier alpha value is -2.71. The Bertz CT molecular complexity index is 971. The van der Waals surface area contributed by atoms with Gasteiger partial charge in [-0.15, -0.1) is 4.41 Å². The summed E-state index contributed by atoms with van der Waals surface area (Å²) in [6.45, 7) is 2.49. The van der Waals surface area contributed by atoms with Gasteiger partial charge in [-0.3, -0.25) is 0 Å². The van der Waals surface area contributed by atoms with Crippen molar-refractivity contribution in [1.29, 1.82) is 0 Å². The van der Waals surface area contributed by atoms with Crippen molar-refractivity contribution in [3.63, 3.8) is 0 Å². The van der Waals surface area contributed by atoms with E-state index in [-0.39, 0.29) is 0 Å². The molecular weight excluding hydrogens is 380 g/mol. The molecule has 28 heavy (non-hydrogen) atoms. The van der Waals surface area contributed by atoms with Gasteiger partial charge in [0.05, 0.1) is 38.8 Å². The number of rotatable bonds is 7. The van der Waals surface area contributed by atoms with Crippen LogP contribution in [0.25, 0.3) is 5.70 Å². The summed E-state index contributed by atoms with van der Waals surface area (Å²) in [5, 5.41) is 0. The first-order valence-corrected chi connectivity index (χ1v) is 10.6. The van der Waals surface area contributed by atoms with E-state index in [0.717, 1.165) is 16.9 Å². The molecule has 0 saturated carbocycles. The van der Waals surface area contributed by atoms with Crippen LogP contribution in [0.15, 0.2) is 48.5 Å². The lowest BCUT2D eigenvalue weighted by molar-refractivity contribution is 0.338. The molecule has 0 saturated heterocycles.